The zero-order valence-corrected chi connectivity index (χ0v) is 11.8. The van der Waals surface area contributed by atoms with Crippen LogP contribution in [0.3, 0.4) is 0 Å². The molecular formula is C16H15N3O3. The van der Waals surface area contributed by atoms with Crippen LogP contribution >= 0.6 is 0 Å². The van der Waals surface area contributed by atoms with Crippen molar-refractivity contribution in [3.63, 3.8) is 0 Å². The number of carbonyl (C=O) groups excluding carboxylic acids is 1. The Hall–Kier alpha value is -2.76. The molecule has 1 fully saturated rings. The molecular weight excluding hydrogens is 282 g/mol. The number of amides is 1. The molecule has 0 unspecified atom stereocenters. The van der Waals surface area contributed by atoms with Gasteiger partial charge in [-0.05, 0) is 24.3 Å². The second-order valence-corrected chi connectivity index (χ2v) is 5.34. The Balaban J connectivity index is 1.54. The molecule has 0 saturated heterocycles. The van der Waals surface area contributed by atoms with Crippen molar-refractivity contribution < 1.29 is 14.7 Å². The third-order valence-corrected chi connectivity index (χ3v) is 3.85. The van der Waals surface area contributed by atoms with E-state index >= 15 is 0 Å². The maximum atomic E-state index is 12.0. The van der Waals surface area contributed by atoms with Gasteiger partial charge in [-0.15, -0.1) is 0 Å². The minimum Gasteiger partial charge on any atom is -0.476 e. The van der Waals surface area contributed by atoms with Crippen LogP contribution in [0.15, 0.2) is 42.7 Å². The lowest BCUT2D eigenvalue weighted by atomic mass is 9.76. The molecule has 1 aromatic carbocycles. The number of hydrogen-bond donors (Lipinski definition) is 2. The molecule has 0 bridgehead atoms. The number of aromatic carboxylic acids is 1. The number of nitrogens with one attached hydrogen (secondary N) is 1. The average Bonchev–Trinajstić information content (AvgIpc) is 2.51. The first kappa shape index (κ1) is 14.2. The summed E-state index contributed by atoms with van der Waals surface area (Å²) in [6, 6.07) is 10.3. The highest BCUT2D eigenvalue weighted by Crippen LogP contribution is 2.36. The molecule has 22 heavy (non-hydrogen) atoms. The van der Waals surface area contributed by atoms with Crippen LogP contribution in [-0.2, 0) is 0 Å². The predicted molar refractivity (Wildman–Crippen MR) is 78.7 cm³/mol. The molecule has 1 heterocycles. The third-order valence-electron chi connectivity index (χ3n) is 3.85. The van der Waals surface area contributed by atoms with Crippen LogP contribution in [0, 0.1) is 0 Å². The first-order chi connectivity index (χ1) is 10.6. The Morgan fingerprint density at radius 1 is 1.05 bits per heavy atom. The maximum absolute atomic E-state index is 12.0. The Labute approximate surface area is 127 Å². The molecule has 2 N–H and O–H groups in total. The fourth-order valence-corrected chi connectivity index (χ4v) is 2.55. The fraction of sp³-hybridized carbons (Fsp3) is 0.250. The van der Waals surface area contributed by atoms with Gasteiger partial charge in [0.1, 0.15) is 5.69 Å². The van der Waals surface area contributed by atoms with E-state index in [1.165, 1.54) is 11.8 Å². The quantitative estimate of drug-likeness (QED) is 0.898. The lowest BCUT2D eigenvalue weighted by Gasteiger charge is -2.36. The van der Waals surface area contributed by atoms with Gasteiger partial charge in [-0.1, -0.05) is 30.3 Å². The summed E-state index contributed by atoms with van der Waals surface area (Å²) in [5.74, 6) is -1.00. The van der Waals surface area contributed by atoms with Gasteiger partial charge in [0.05, 0.1) is 12.4 Å². The minimum atomic E-state index is -1.16. The standard InChI is InChI=1S/C16H15N3O3/c20-15(13-8-18-14(9-17-13)16(21)22)19-12-6-11(7-12)10-4-2-1-3-5-10/h1-5,8-9,11-12H,6-7H2,(H,19,20)(H,21,22). The number of carboxylic acids is 1. The topological polar surface area (TPSA) is 92.2 Å². The van der Waals surface area contributed by atoms with Crippen molar-refractivity contribution in [1.82, 2.24) is 15.3 Å². The average molecular weight is 297 g/mol. The van der Waals surface area contributed by atoms with Gasteiger partial charge in [-0.25, -0.2) is 14.8 Å². The summed E-state index contributed by atoms with van der Waals surface area (Å²) < 4.78 is 0. The highest BCUT2D eigenvalue weighted by molar-refractivity contribution is 5.93. The van der Waals surface area contributed by atoms with E-state index in [0.717, 1.165) is 19.0 Å². The molecule has 1 saturated carbocycles. The normalized spacial score (nSPS) is 20.0. The molecule has 2 aromatic rings. The second-order valence-electron chi connectivity index (χ2n) is 5.34. The molecule has 1 aliphatic carbocycles. The van der Waals surface area contributed by atoms with Gasteiger partial charge in [0.15, 0.2) is 5.69 Å². The summed E-state index contributed by atoms with van der Waals surface area (Å²) in [6.45, 7) is 0. The summed E-state index contributed by atoms with van der Waals surface area (Å²) in [6.07, 6.45) is 4.07. The Kier molecular flexibility index (Phi) is 3.82. The number of carbonyl (C=O) groups is 2. The molecule has 6 heteroatoms. The first-order valence-corrected chi connectivity index (χ1v) is 7.04. The summed E-state index contributed by atoms with van der Waals surface area (Å²) in [4.78, 5) is 30.2. The van der Waals surface area contributed by atoms with E-state index in [1.807, 2.05) is 18.2 Å². The van der Waals surface area contributed by atoms with Crippen molar-refractivity contribution in [3.05, 3.63) is 59.7 Å². The van der Waals surface area contributed by atoms with Crippen LogP contribution in [0.2, 0.25) is 0 Å². The summed E-state index contributed by atoms with van der Waals surface area (Å²) in [5, 5.41) is 11.6. The molecule has 0 atom stereocenters. The van der Waals surface area contributed by atoms with Crippen LogP contribution in [0.1, 0.15) is 45.3 Å². The summed E-state index contributed by atoms with van der Waals surface area (Å²) in [5.41, 5.74) is 1.25. The second kappa shape index (κ2) is 5.93. The van der Waals surface area contributed by atoms with Crippen LogP contribution in [-0.4, -0.2) is 33.0 Å². The Bertz CT molecular complexity index is 680. The highest BCUT2D eigenvalue weighted by atomic mass is 16.4. The molecule has 3 rings (SSSR count). The van der Waals surface area contributed by atoms with Crippen molar-refractivity contribution in [3.8, 4) is 0 Å². The molecule has 1 aromatic heterocycles. The molecule has 1 amide bonds. The number of hydrogen-bond acceptors (Lipinski definition) is 4. The Morgan fingerprint density at radius 3 is 2.27 bits per heavy atom. The van der Waals surface area contributed by atoms with Gasteiger partial charge < -0.3 is 10.4 Å². The first-order valence-electron chi connectivity index (χ1n) is 7.04. The van der Waals surface area contributed by atoms with E-state index in [1.54, 1.807) is 0 Å². The zero-order chi connectivity index (χ0) is 15.5. The van der Waals surface area contributed by atoms with Crippen LogP contribution in [0.4, 0.5) is 0 Å². The van der Waals surface area contributed by atoms with Crippen molar-refractivity contribution in [2.24, 2.45) is 0 Å². The summed E-state index contributed by atoms with van der Waals surface area (Å²) in [7, 11) is 0. The molecule has 0 spiro atoms. The van der Waals surface area contributed by atoms with Gasteiger partial charge >= 0.3 is 5.97 Å². The van der Waals surface area contributed by atoms with E-state index in [9.17, 15) is 9.59 Å². The van der Waals surface area contributed by atoms with Crippen molar-refractivity contribution in [2.45, 2.75) is 24.8 Å². The lowest BCUT2D eigenvalue weighted by Crippen LogP contribution is -2.43. The van der Waals surface area contributed by atoms with E-state index in [-0.39, 0.29) is 23.3 Å². The maximum Gasteiger partial charge on any atom is 0.356 e. The largest absolute Gasteiger partial charge is 0.476 e. The van der Waals surface area contributed by atoms with Gasteiger partial charge in [-0.3, -0.25) is 4.79 Å². The van der Waals surface area contributed by atoms with E-state index in [4.69, 9.17) is 5.11 Å². The monoisotopic (exact) mass is 297 g/mol. The van der Waals surface area contributed by atoms with Crippen molar-refractivity contribution in [1.29, 1.82) is 0 Å². The van der Waals surface area contributed by atoms with Crippen LogP contribution < -0.4 is 5.32 Å². The third kappa shape index (κ3) is 2.95. The zero-order valence-electron chi connectivity index (χ0n) is 11.8. The molecule has 0 radical (unpaired) electrons. The molecule has 0 aliphatic heterocycles. The number of nitrogens with zero attached hydrogens (tertiary/aromatic N) is 2. The van der Waals surface area contributed by atoms with Crippen molar-refractivity contribution in [2.75, 3.05) is 0 Å². The van der Waals surface area contributed by atoms with Gasteiger partial charge in [0.2, 0.25) is 0 Å². The lowest BCUT2D eigenvalue weighted by molar-refractivity contribution is 0.0688. The Morgan fingerprint density at radius 2 is 1.68 bits per heavy atom. The van der Waals surface area contributed by atoms with Gasteiger partial charge in [0.25, 0.3) is 5.91 Å². The van der Waals surface area contributed by atoms with E-state index in [0.29, 0.717) is 5.92 Å². The molecule has 6 nitrogen and oxygen atoms in total. The van der Waals surface area contributed by atoms with E-state index < -0.39 is 5.97 Å². The van der Waals surface area contributed by atoms with Crippen LogP contribution in [0.5, 0.6) is 0 Å². The minimum absolute atomic E-state index is 0.124. The number of rotatable bonds is 4. The van der Waals surface area contributed by atoms with Crippen molar-refractivity contribution >= 4 is 11.9 Å². The van der Waals surface area contributed by atoms with Gasteiger partial charge in [-0.2, -0.15) is 0 Å². The fourth-order valence-electron chi connectivity index (χ4n) is 2.55. The number of aromatic nitrogens is 2. The SMILES string of the molecule is O=C(O)c1cnc(C(=O)NC2CC(c3ccccc3)C2)cn1. The summed E-state index contributed by atoms with van der Waals surface area (Å²) >= 11 is 0. The number of carboxylic acid groups (broad SMARTS) is 1. The highest BCUT2D eigenvalue weighted by Gasteiger charge is 2.31. The van der Waals surface area contributed by atoms with Crippen LogP contribution in [0.25, 0.3) is 0 Å². The predicted octanol–water partition coefficient (Wildman–Crippen LogP) is 1.85. The number of benzene rings is 1. The molecule has 112 valence electrons. The van der Waals surface area contributed by atoms with Gasteiger partial charge in [0, 0.05) is 6.04 Å². The molecule has 1 aliphatic rings. The van der Waals surface area contributed by atoms with E-state index in [2.05, 4.69) is 27.4 Å². The smallest absolute Gasteiger partial charge is 0.356 e.